The second kappa shape index (κ2) is 5.39. The molecule has 0 bridgehead atoms. The number of aromatic nitrogens is 1. The Morgan fingerprint density at radius 2 is 2.00 bits per heavy atom. The van der Waals surface area contributed by atoms with Crippen LogP contribution < -0.4 is 10.1 Å². The number of hydrogen-bond donors (Lipinski definition) is 2. The van der Waals surface area contributed by atoms with Gasteiger partial charge < -0.3 is 15.2 Å². The number of pyridine rings is 1. The summed E-state index contributed by atoms with van der Waals surface area (Å²) in [5.41, 5.74) is 1.44. The van der Waals surface area contributed by atoms with Crippen molar-refractivity contribution in [2.45, 2.75) is 6.92 Å². The van der Waals surface area contributed by atoms with E-state index in [1.165, 1.54) is 6.07 Å². The Kier molecular flexibility index (Phi) is 3.66. The van der Waals surface area contributed by atoms with Crippen LogP contribution in [0.25, 0.3) is 0 Å². The zero-order valence-electron chi connectivity index (χ0n) is 10.7. The first-order valence-electron chi connectivity index (χ1n) is 5.73. The Hall–Kier alpha value is -2.56. The number of hydrogen-bond acceptors (Lipinski definition) is 4. The van der Waals surface area contributed by atoms with E-state index in [2.05, 4.69) is 10.3 Å². The third-order valence-electron chi connectivity index (χ3n) is 2.69. The minimum Gasteiger partial charge on any atom is -0.495 e. The van der Waals surface area contributed by atoms with Gasteiger partial charge in [-0.05, 0) is 31.2 Å². The molecule has 0 aliphatic carbocycles. The van der Waals surface area contributed by atoms with E-state index in [1.807, 2.05) is 24.3 Å². The molecule has 98 valence electrons. The molecule has 2 aromatic rings. The van der Waals surface area contributed by atoms with Crippen molar-refractivity contribution in [2.24, 2.45) is 0 Å². The van der Waals surface area contributed by atoms with Crippen molar-refractivity contribution in [3.8, 4) is 5.75 Å². The van der Waals surface area contributed by atoms with Gasteiger partial charge in [0, 0.05) is 0 Å². The SMILES string of the molecule is COc1ccccc1Nc1ccc(C(=O)O)c(C)n1. The molecule has 2 rings (SSSR count). The molecule has 5 heteroatoms. The summed E-state index contributed by atoms with van der Waals surface area (Å²) >= 11 is 0. The first kappa shape index (κ1) is 12.9. The van der Waals surface area contributed by atoms with Crippen LogP contribution in [0.15, 0.2) is 36.4 Å². The van der Waals surface area contributed by atoms with Crippen LogP contribution in [0.3, 0.4) is 0 Å². The van der Waals surface area contributed by atoms with Gasteiger partial charge in [0.15, 0.2) is 0 Å². The van der Waals surface area contributed by atoms with Crippen molar-refractivity contribution in [3.63, 3.8) is 0 Å². The van der Waals surface area contributed by atoms with Crippen LogP contribution in [-0.4, -0.2) is 23.2 Å². The van der Waals surface area contributed by atoms with Gasteiger partial charge in [-0.1, -0.05) is 12.1 Å². The number of carboxylic acid groups (broad SMARTS) is 1. The minimum atomic E-state index is -0.978. The molecule has 0 aliphatic rings. The average Bonchev–Trinajstić information content (AvgIpc) is 2.39. The fraction of sp³-hybridized carbons (Fsp3) is 0.143. The van der Waals surface area contributed by atoms with E-state index < -0.39 is 5.97 Å². The fourth-order valence-electron chi connectivity index (χ4n) is 1.74. The molecule has 5 nitrogen and oxygen atoms in total. The highest BCUT2D eigenvalue weighted by atomic mass is 16.5. The zero-order chi connectivity index (χ0) is 13.8. The monoisotopic (exact) mass is 258 g/mol. The molecule has 19 heavy (non-hydrogen) atoms. The molecular weight excluding hydrogens is 244 g/mol. The van der Waals surface area contributed by atoms with Crippen molar-refractivity contribution in [1.29, 1.82) is 0 Å². The number of anilines is 2. The molecule has 0 saturated carbocycles. The van der Waals surface area contributed by atoms with Crippen molar-refractivity contribution < 1.29 is 14.6 Å². The number of methoxy groups -OCH3 is 1. The Balaban J connectivity index is 2.29. The van der Waals surface area contributed by atoms with Gasteiger partial charge in [0.2, 0.25) is 0 Å². The molecule has 1 aromatic carbocycles. The van der Waals surface area contributed by atoms with E-state index in [4.69, 9.17) is 9.84 Å². The number of nitrogens with zero attached hydrogens (tertiary/aromatic N) is 1. The van der Waals surface area contributed by atoms with Crippen LogP contribution >= 0.6 is 0 Å². The number of rotatable bonds is 4. The quantitative estimate of drug-likeness (QED) is 0.882. The lowest BCUT2D eigenvalue weighted by atomic mass is 10.2. The van der Waals surface area contributed by atoms with Gasteiger partial charge >= 0.3 is 5.97 Å². The van der Waals surface area contributed by atoms with Crippen molar-refractivity contribution in [1.82, 2.24) is 4.98 Å². The molecule has 1 aromatic heterocycles. The summed E-state index contributed by atoms with van der Waals surface area (Å²) in [4.78, 5) is 15.1. The summed E-state index contributed by atoms with van der Waals surface area (Å²) in [5.74, 6) is 0.296. The maximum atomic E-state index is 10.9. The Labute approximate surface area is 110 Å². The molecule has 2 N–H and O–H groups in total. The molecule has 0 aliphatic heterocycles. The number of nitrogens with one attached hydrogen (secondary N) is 1. The van der Waals surface area contributed by atoms with Gasteiger partial charge in [0.25, 0.3) is 0 Å². The van der Waals surface area contributed by atoms with Crippen molar-refractivity contribution >= 4 is 17.5 Å². The van der Waals surface area contributed by atoms with Gasteiger partial charge in [0.05, 0.1) is 24.1 Å². The third kappa shape index (κ3) is 2.82. The predicted molar refractivity (Wildman–Crippen MR) is 72.2 cm³/mol. The average molecular weight is 258 g/mol. The second-order valence-electron chi connectivity index (χ2n) is 3.96. The maximum Gasteiger partial charge on any atom is 0.337 e. The van der Waals surface area contributed by atoms with Crippen LogP contribution in [0, 0.1) is 6.92 Å². The normalized spacial score (nSPS) is 10.0. The number of aryl methyl sites for hydroxylation is 1. The van der Waals surface area contributed by atoms with Crippen LogP contribution in [0.1, 0.15) is 16.1 Å². The van der Waals surface area contributed by atoms with Crippen molar-refractivity contribution in [2.75, 3.05) is 12.4 Å². The van der Waals surface area contributed by atoms with Crippen LogP contribution in [0.4, 0.5) is 11.5 Å². The zero-order valence-corrected chi connectivity index (χ0v) is 10.7. The highest BCUT2D eigenvalue weighted by Gasteiger charge is 2.09. The van der Waals surface area contributed by atoms with Crippen molar-refractivity contribution in [3.05, 3.63) is 47.7 Å². The smallest absolute Gasteiger partial charge is 0.337 e. The van der Waals surface area contributed by atoms with Crippen LogP contribution in [-0.2, 0) is 0 Å². The van der Waals surface area contributed by atoms with Gasteiger partial charge in [-0.15, -0.1) is 0 Å². The molecule has 0 radical (unpaired) electrons. The molecule has 0 amide bonds. The van der Waals surface area contributed by atoms with E-state index in [-0.39, 0.29) is 5.56 Å². The van der Waals surface area contributed by atoms with E-state index in [0.717, 1.165) is 5.69 Å². The number of aromatic carboxylic acids is 1. The number of para-hydroxylation sites is 2. The standard InChI is InChI=1S/C14H14N2O3/c1-9-10(14(17)18)7-8-13(15-9)16-11-5-3-4-6-12(11)19-2/h3-8H,1-2H3,(H,15,16)(H,17,18). The van der Waals surface area contributed by atoms with Crippen LogP contribution in [0.5, 0.6) is 5.75 Å². The first-order valence-corrected chi connectivity index (χ1v) is 5.73. The van der Waals surface area contributed by atoms with Gasteiger partial charge in [-0.2, -0.15) is 0 Å². The van der Waals surface area contributed by atoms with Gasteiger partial charge in [-0.3, -0.25) is 0 Å². The van der Waals surface area contributed by atoms with Gasteiger partial charge in [0.1, 0.15) is 11.6 Å². The maximum absolute atomic E-state index is 10.9. The molecule has 0 atom stereocenters. The lowest BCUT2D eigenvalue weighted by Crippen LogP contribution is -2.04. The Morgan fingerprint density at radius 1 is 1.26 bits per heavy atom. The summed E-state index contributed by atoms with van der Waals surface area (Å²) in [5, 5.41) is 12.0. The molecular formula is C14H14N2O3. The molecule has 0 unspecified atom stereocenters. The van der Waals surface area contributed by atoms with Crippen LogP contribution in [0.2, 0.25) is 0 Å². The molecule has 1 heterocycles. The number of ether oxygens (including phenoxy) is 1. The summed E-state index contributed by atoms with van der Waals surface area (Å²) in [6.07, 6.45) is 0. The largest absolute Gasteiger partial charge is 0.495 e. The topological polar surface area (TPSA) is 71.5 Å². The fourth-order valence-corrected chi connectivity index (χ4v) is 1.74. The number of carboxylic acids is 1. The summed E-state index contributed by atoms with van der Waals surface area (Å²) in [6, 6.07) is 10.6. The highest BCUT2D eigenvalue weighted by Crippen LogP contribution is 2.26. The predicted octanol–water partition coefficient (Wildman–Crippen LogP) is 2.84. The van der Waals surface area contributed by atoms with E-state index in [0.29, 0.717) is 17.3 Å². The van der Waals surface area contributed by atoms with E-state index in [9.17, 15) is 4.79 Å². The second-order valence-corrected chi connectivity index (χ2v) is 3.96. The molecule has 0 spiro atoms. The van der Waals surface area contributed by atoms with E-state index in [1.54, 1.807) is 20.1 Å². The summed E-state index contributed by atoms with van der Waals surface area (Å²) in [6.45, 7) is 1.66. The lowest BCUT2D eigenvalue weighted by molar-refractivity contribution is 0.0695. The molecule has 0 saturated heterocycles. The summed E-state index contributed by atoms with van der Waals surface area (Å²) < 4.78 is 5.23. The lowest BCUT2D eigenvalue weighted by Gasteiger charge is -2.11. The van der Waals surface area contributed by atoms with Gasteiger partial charge in [-0.25, -0.2) is 9.78 Å². The Bertz CT molecular complexity index is 611. The third-order valence-corrected chi connectivity index (χ3v) is 2.69. The highest BCUT2D eigenvalue weighted by molar-refractivity contribution is 5.89. The Morgan fingerprint density at radius 3 is 2.63 bits per heavy atom. The van der Waals surface area contributed by atoms with E-state index >= 15 is 0 Å². The minimum absolute atomic E-state index is 0.200. The number of carbonyl (C=O) groups is 1. The first-order chi connectivity index (χ1) is 9.11. The summed E-state index contributed by atoms with van der Waals surface area (Å²) in [7, 11) is 1.59. The molecule has 0 fully saturated rings. The number of benzene rings is 1.